The molecule has 0 aliphatic carbocycles. The van der Waals surface area contributed by atoms with Gasteiger partial charge in [0, 0.05) is 24.7 Å². The molecule has 1 amide bonds. The third kappa shape index (κ3) is 4.23. The first-order valence-electron chi connectivity index (χ1n) is 9.79. The Morgan fingerprint density at radius 1 is 1.06 bits per heavy atom. The third-order valence-electron chi connectivity index (χ3n) is 5.37. The zero-order chi connectivity index (χ0) is 22.2. The monoisotopic (exact) mass is 432 g/mol. The molecule has 0 radical (unpaired) electrons. The number of benzene rings is 1. The summed E-state index contributed by atoms with van der Waals surface area (Å²) < 4.78 is 41.8. The molecule has 0 spiro atoms. The van der Waals surface area contributed by atoms with Crippen molar-refractivity contribution in [3.8, 4) is 11.3 Å². The van der Waals surface area contributed by atoms with E-state index >= 15 is 0 Å². The fourth-order valence-electron chi connectivity index (χ4n) is 3.75. The Morgan fingerprint density at radius 3 is 2.48 bits per heavy atom. The van der Waals surface area contributed by atoms with Crippen molar-refractivity contribution in [1.29, 1.82) is 0 Å². The van der Waals surface area contributed by atoms with Crippen LogP contribution in [-0.2, 0) is 11.0 Å². The van der Waals surface area contributed by atoms with E-state index in [9.17, 15) is 27.9 Å². The van der Waals surface area contributed by atoms with Crippen molar-refractivity contribution in [2.75, 3.05) is 13.1 Å². The maximum atomic E-state index is 13.7. The van der Waals surface area contributed by atoms with E-state index in [1.807, 2.05) is 0 Å². The molecule has 1 aliphatic rings. The van der Waals surface area contributed by atoms with Crippen LogP contribution in [0.1, 0.15) is 35.4 Å². The normalized spacial score (nSPS) is 17.5. The van der Waals surface area contributed by atoms with Crippen LogP contribution in [0.4, 0.5) is 13.2 Å². The number of nitrogens with zero attached hydrogens (tertiary/aromatic N) is 4. The number of carbonyl (C=O) groups excluding carboxylic acids is 1. The van der Waals surface area contributed by atoms with Gasteiger partial charge in [-0.3, -0.25) is 9.59 Å². The highest BCUT2D eigenvalue weighted by molar-refractivity contribution is 5.93. The van der Waals surface area contributed by atoms with Crippen LogP contribution in [0.2, 0.25) is 0 Å². The second-order valence-corrected chi connectivity index (χ2v) is 7.45. The number of hydrogen-bond donors (Lipinski definition) is 1. The molecule has 3 heterocycles. The molecule has 1 unspecified atom stereocenters. The molecule has 1 aromatic carbocycles. The predicted octanol–water partition coefficient (Wildman–Crippen LogP) is 3.74. The predicted molar refractivity (Wildman–Crippen MR) is 104 cm³/mol. The lowest BCUT2D eigenvalue weighted by Crippen LogP contribution is -2.32. The van der Waals surface area contributed by atoms with Gasteiger partial charge in [0.1, 0.15) is 0 Å². The zero-order valence-corrected chi connectivity index (χ0v) is 16.3. The van der Waals surface area contributed by atoms with Gasteiger partial charge in [-0.25, -0.2) is 9.50 Å². The number of carbonyl (C=O) groups is 2. The molecular formula is C21H19F3N4O3. The molecule has 0 bridgehead atoms. The molecule has 0 saturated carbocycles. The Balaban J connectivity index is 1.71. The van der Waals surface area contributed by atoms with Crippen LogP contribution in [0, 0.1) is 5.92 Å². The Morgan fingerprint density at radius 2 is 1.81 bits per heavy atom. The van der Waals surface area contributed by atoms with Gasteiger partial charge in [-0.15, -0.1) is 0 Å². The molecule has 3 aromatic rings. The molecule has 1 fully saturated rings. The number of halogens is 3. The first-order chi connectivity index (χ1) is 14.7. The number of aromatic nitrogens is 3. The number of alkyl halides is 3. The molecule has 1 N–H and O–H groups in total. The van der Waals surface area contributed by atoms with E-state index in [0.717, 1.165) is 6.07 Å². The lowest BCUT2D eigenvalue weighted by atomic mass is 10.0. The van der Waals surface area contributed by atoms with Crippen LogP contribution in [0.15, 0.2) is 42.5 Å². The summed E-state index contributed by atoms with van der Waals surface area (Å²) in [5, 5.41) is 13.1. The van der Waals surface area contributed by atoms with Crippen molar-refractivity contribution in [2.45, 2.75) is 25.4 Å². The summed E-state index contributed by atoms with van der Waals surface area (Å²) in [7, 11) is 0. The van der Waals surface area contributed by atoms with Gasteiger partial charge in [0.2, 0.25) is 0 Å². The van der Waals surface area contributed by atoms with Gasteiger partial charge in [-0.2, -0.15) is 18.3 Å². The number of aliphatic carboxylic acids is 1. The Hall–Kier alpha value is -3.43. The van der Waals surface area contributed by atoms with Crippen molar-refractivity contribution < 1.29 is 27.9 Å². The summed E-state index contributed by atoms with van der Waals surface area (Å²) in [6.45, 7) is 0.532. The van der Waals surface area contributed by atoms with Crippen LogP contribution >= 0.6 is 0 Å². The van der Waals surface area contributed by atoms with Gasteiger partial charge in [0.05, 0.1) is 11.6 Å². The minimum Gasteiger partial charge on any atom is -0.481 e. The third-order valence-corrected chi connectivity index (χ3v) is 5.37. The molecule has 1 atom stereocenters. The van der Waals surface area contributed by atoms with Crippen LogP contribution < -0.4 is 0 Å². The molecule has 10 heteroatoms. The van der Waals surface area contributed by atoms with Crippen LogP contribution in [0.5, 0.6) is 0 Å². The molecular weight excluding hydrogens is 413 g/mol. The first-order valence-corrected chi connectivity index (χ1v) is 9.79. The van der Waals surface area contributed by atoms with Gasteiger partial charge >= 0.3 is 12.1 Å². The first kappa shape index (κ1) is 20.8. The minimum absolute atomic E-state index is 0.0877. The van der Waals surface area contributed by atoms with Crippen molar-refractivity contribution in [3.05, 3.63) is 53.9 Å². The fourth-order valence-corrected chi connectivity index (χ4v) is 3.75. The van der Waals surface area contributed by atoms with Crippen LogP contribution in [0.3, 0.4) is 0 Å². The Labute approximate surface area is 175 Å². The number of carboxylic acid groups (broad SMARTS) is 1. The summed E-state index contributed by atoms with van der Waals surface area (Å²) in [5.74, 6) is -1.98. The number of carboxylic acids is 1. The lowest BCUT2D eigenvalue weighted by molar-refractivity contribution is -0.143. The molecule has 31 heavy (non-hydrogen) atoms. The maximum Gasteiger partial charge on any atom is 0.433 e. The fraction of sp³-hybridized carbons (Fsp3) is 0.333. The van der Waals surface area contributed by atoms with Gasteiger partial charge < -0.3 is 10.0 Å². The van der Waals surface area contributed by atoms with Gasteiger partial charge in [-0.1, -0.05) is 30.3 Å². The zero-order valence-electron chi connectivity index (χ0n) is 16.3. The maximum absolute atomic E-state index is 13.7. The molecule has 4 rings (SSSR count). The summed E-state index contributed by atoms with van der Waals surface area (Å²) in [6, 6.07) is 10.6. The summed E-state index contributed by atoms with van der Waals surface area (Å²) >= 11 is 0. The Bertz CT molecular complexity index is 1130. The summed E-state index contributed by atoms with van der Waals surface area (Å²) in [6.07, 6.45) is -3.46. The van der Waals surface area contributed by atoms with E-state index in [2.05, 4.69) is 10.1 Å². The highest BCUT2D eigenvalue weighted by atomic mass is 19.4. The second-order valence-electron chi connectivity index (χ2n) is 7.45. The summed E-state index contributed by atoms with van der Waals surface area (Å²) in [5.41, 5.74) is -0.639. The van der Waals surface area contributed by atoms with E-state index in [1.54, 1.807) is 30.3 Å². The average molecular weight is 432 g/mol. The number of likely N-dealkylation sites (tertiary alicyclic amines) is 1. The summed E-state index contributed by atoms with van der Waals surface area (Å²) in [4.78, 5) is 29.8. The van der Waals surface area contributed by atoms with Crippen molar-refractivity contribution in [3.63, 3.8) is 0 Å². The standard InChI is InChI=1S/C21H19F3N4O3/c22-21(23,24)17-11-15(13-5-2-1-3-6-13)25-18-12-16(26-28(17)18)19(29)27-9-4-7-14(8-10-27)20(30)31/h1-3,5-6,11-12,14H,4,7-10H2,(H,30,31). The quantitative estimate of drug-likeness (QED) is 0.681. The number of rotatable bonds is 3. The van der Waals surface area contributed by atoms with Crippen molar-refractivity contribution in [1.82, 2.24) is 19.5 Å². The van der Waals surface area contributed by atoms with E-state index < -0.39 is 29.7 Å². The van der Waals surface area contributed by atoms with Gasteiger partial charge in [-0.05, 0) is 25.3 Å². The minimum atomic E-state index is -4.70. The van der Waals surface area contributed by atoms with E-state index in [0.29, 0.717) is 35.9 Å². The smallest absolute Gasteiger partial charge is 0.433 e. The topological polar surface area (TPSA) is 87.8 Å². The number of fused-ring (bicyclic) bond motifs is 1. The van der Waals surface area contributed by atoms with Crippen molar-refractivity contribution >= 4 is 17.5 Å². The molecule has 1 aliphatic heterocycles. The molecule has 162 valence electrons. The highest BCUT2D eigenvalue weighted by Gasteiger charge is 2.36. The van der Waals surface area contributed by atoms with Gasteiger partial charge in [0.15, 0.2) is 17.0 Å². The van der Waals surface area contributed by atoms with E-state index in [4.69, 9.17) is 0 Å². The number of hydrogen-bond acceptors (Lipinski definition) is 4. The second kappa shape index (κ2) is 8.01. The molecule has 1 saturated heterocycles. The highest BCUT2D eigenvalue weighted by Crippen LogP contribution is 2.32. The SMILES string of the molecule is O=C(O)C1CCCN(C(=O)c2cc3nc(-c4ccccc4)cc(C(F)(F)F)n3n2)CC1. The van der Waals surface area contributed by atoms with Crippen molar-refractivity contribution in [2.24, 2.45) is 5.92 Å². The largest absolute Gasteiger partial charge is 0.481 e. The average Bonchev–Trinajstić information content (AvgIpc) is 3.00. The van der Waals surface area contributed by atoms with E-state index in [1.165, 1.54) is 11.0 Å². The molecule has 2 aromatic heterocycles. The van der Waals surface area contributed by atoms with Crippen LogP contribution in [0.25, 0.3) is 16.9 Å². The van der Waals surface area contributed by atoms with Gasteiger partial charge in [0.25, 0.3) is 5.91 Å². The lowest BCUT2D eigenvalue weighted by Gasteiger charge is -2.18. The number of amides is 1. The van der Waals surface area contributed by atoms with Crippen LogP contribution in [-0.4, -0.2) is 49.6 Å². The Kier molecular flexibility index (Phi) is 5.38. The molecule has 7 nitrogen and oxygen atoms in total. The van der Waals surface area contributed by atoms with E-state index in [-0.39, 0.29) is 23.6 Å².